The fourth-order valence-corrected chi connectivity index (χ4v) is 2.27. The lowest BCUT2D eigenvalue weighted by molar-refractivity contribution is -0.138. The number of aliphatic carboxylic acids is 1. The quantitative estimate of drug-likeness (QED) is 0.593. The maximum Gasteiger partial charge on any atom is 0.315 e. The van der Waals surface area contributed by atoms with Crippen LogP contribution in [-0.4, -0.2) is 40.2 Å². The van der Waals surface area contributed by atoms with Crippen LogP contribution in [0.3, 0.4) is 0 Å². The highest BCUT2D eigenvalue weighted by Gasteiger charge is 2.24. The van der Waals surface area contributed by atoms with Gasteiger partial charge in [-0.2, -0.15) is 11.8 Å². The van der Waals surface area contributed by atoms with Crippen LogP contribution in [-0.2, 0) is 4.79 Å². The third kappa shape index (κ3) is 9.15. The summed E-state index contributed by atoms with van der Waals surface area (Å²) < 4.78 is 0. The smallest absolute Gasteiger partial charge is 0.315 e. The van der Waals surface area contributed by atoms with Crippen LogP contribution >= 0.6 is 11.8 Å². The lowest BCUT2D eigenvalue weighted by Crippen LogP contribution is -2.51. The van der Waals surface area contributed by atoms with Crippen LogP contribution in [0.1, 0.15) is 40.5 Å². The first-order valence-corrected chi connectivity index (χ1v) is 7.30. The molecule has 0 fully saturated rings. The third-order valence-corrected chi connectivity index (χ3v) is 3.25. The van der Waals surface area contributed by atoms with Crippen LogP contribution in [0.2, 0.25) is 0 Å². The van der Waals surface area contributed by atoms with E-state index >= 15 is 0 Å². The summed E-state index contributed by atoms with van der Waals surface area (Å²) in [7, 11) is 0. The maximum atomic E-state index is 11.7. The van der Waals surface area contributed by atoms with E-state index in [9.17, 15) is 9.59 Å². The van der Waals surface area contributed by atoms with E-state index in [2.05, 4.69) is 17.6 Å². The normalized spacial score (nSPS) is 12.9. The number of carbonyl (C=O) groups is 2. The Balaban J connectivity index is 3.98. The number of thioether (sulfide) groups is 1. The Hall–Kier alpha value is -0.910. The Morgan fingerprint density at radius 3 is 2.50 bits per heavy atom. The van der Waals surface area contributed by atoms with Gasteiger partial charge in [0.15, 0.2) is 0 Å². The molecule has 5 nitrogen and oxygen atoms in total. The highest BCUT2D eigenvalue weighted by atomic mass is 32.2. The zero-order valence-electron chi connectivity index (χ0n) is 11.6. The first-order valence-electron chi connectivity index (χ1n) is 6.15. The molecule has 106 valence electrons. The molecule has 0 aromatic rings. The minimum Gasteiger partial charge on any atom is -0.481 e. The predicted octanol–water partition coefficient (Wildman–Crippen LogP) is 2.07. The van der Waals surface area contributed by atoms with E-state index in [4.69, 9.17) is 5.11 Å². The molecule has 0 aliphatic carbocycles. The molecule has 0 rings (SSSR count). The van der Waals surface area contributed by atoms with Gasteiger partial charge in [-0.15, -0.1) is 0 Å². The standard InChI is InChI=1S/C12H24N2O3S/c1-5-18-7-6-9(2)13-11(17)14-12(3,4)8-10(15)16/h9H,5-8H2,1-4H3,(H,15,16)(H2,13,14,17). The average Bonchev–Trinajstić information content (AvgIpc) is 2.13. The molecule has 0 saturated carbocycles. The van der Waals surface area contributed by atoms with Crippen molar-refractivity contribution in [2.24, 2.45) is 0 Å². The van der Waals surface area contributed by atoms with Crippen molar-refractivity contribution in [2.75, 3.05) is 11.5 Å². The van der Waals surface area contributed by atoms with Gasteiger partial charge in [-0.05, 0) is 38.7 Å². The zero-order valence-corrected chi connectivity index (χ0v) is 12.4. The Bertz CT molecular complexity index is 282. The van der Waals surface area contributed by atoms with E-state index in [1.807, 2.05) is 18.7 Å². The van der Waals surface area contributed by atoms with Gasteiger partial charge in [0.05, 0.1) is 6.42 Å². The Labute approximate surface area is 113 Å². The molecule has 1 unspecified atom stereocenters. The highest BCUT2D eigenvalue weighted by molar-refractivity contribution is 7.99. The minimum atomic E-state index is -0.923. The summed E-state index contributed by atoms with van der Waals surface area (Å²) in [5.74, 6) is 1.16. The second kappa shape index (κ2) is 8.24. The van der Waals surface area contributed by atoms with Crippen LogP contribution < -0.4 is 10.6 Å². The summed E-state index contributed by atoms with van der Waals surface area (Å²) in [4.78, 5) is 22.3. The molecule has 0 heterocycles. The highest BCUT2D eigenvalue weighted by Crippen LogP contribution is 2.08. The second-order valence-corrected chi connectivity index (χ2v) is 6.33. The number of urea groups is 1. The molecule has 0 aliphatic heterocycles. The fraction of sp³-hybridized carbons (Fsp3) is 0.833. The molecule has 0 bridgehead atoms. The summed E-state index contributed by atoms with van der Waals surface area (Å²) >= 11 is 1.84. The van der Waals surface area contributed by atoms with Crippen molar-refractivity contribution in [2.45, 2.75) is 52.1 Å². The summed E-state index contributed by atoms with van der Waals surface area (Å²) in [6.45, 7) is 7.43. The molecule has 2 amide bonds. The second-order valence-electron chi connectivity index (χ2n) is 4.94. The van der Waals surface area contributed by atoms with Crippen LogP contribution in [0.4, 0.5) is 4.79 Å². The number of hydrogen-bond acceptors (Lipinski definition) is 3. The van der Waals surface area contributed by atoms with Crippen LogP contribution in [0, 0.1) is 0 Å². The van der Waals surface area contributed by atoms with Gasteiger partial charge in [0.1, 0.15) is 0 Å². The summed E-state index contributed by atoms with van der Waals surface area (Å²) in [5.41, 5.74) is -0.742. The molecular weight excluding hydrogens is 252 g/mol. The van der Waals surface area contributed by atoms with Gasteiger partial charge in [-0.25, -0.2) is 4.79 Å². The number of carbonyl (C=O) groups excluding carboxylic acids is 1. The molecule has 0 spiro atoms. The topological polar surface area (TPSA) is 78.4 Å². The van der Waals surface area contributed by atoms with E-state index in [0.29, 0.717) is 0 Å². The van der Waals surface area contributed by atoms with Crippen molar-refractivity contribution in [3.05, 3.63) is 0 Å². The predicted molar refractivity (Wildman–Crippen MR) is 75.1 cm³/mol. The van der Waals surface area contributed by atoms with E-state index in [1.165, 1.54) is 0 Å². The van der Waals surface area contributed by atoms with Gasteiger partial charge >= 0.3 is 12.0 Å². The molecule has 6 heteroatoms. The number of carboxylic acid groups (broad SMARTS) is 1. The summed E-state index contributed by atoms with van der Waals surface area (Å²) in [5, 5.41) is 14.2. The van der Waals surface area contributed by atoms with Crippen molar-refractivity contribution >= 4 is 23.8 Å². The third-order valence-electron chi connectivity index (χ3n) is 2.32. The van der Waals surface area contributed by atoms with Gasteiger partial charge in [0.25, 0.3) is 0 Å². The van der Waals surface area contributed by atoms with Crippen molar-refractivity contribution in [3.63, 3.8) is 0 Å². The van der Waals surface area contributed by atoms with Crippen LogP contribution in [0.5, 0.6) is 0 Å². The number of nitrogens with one attached hydrogen (secondary N) is 2. The Kier molecular flexibility index (Phi) is 7.82. The van der Waals surface area contributed by atoms with Crippen molar-refractivity contribution < 1.29 is 14.7 Å². The molecule has 0 aliphatic rings. The molecule has 18 heavy (non-hydrogen) atoms. The molecular formula is C12H24N2O3S. The summed E-state index contributed by atoms with van der Waals surface area (Å²) in [6, 6.07) is -0.222. The van der Waals surface area contributed by atoms with Gasteiger partial charge in [0, 0.05) is 11.6 Å². The fourth-order valence-electron chi connectivity index (χ4n) is 1.47. The maximum absolute atomic E-state index is 11.7. The van der Waals surface area contributed by atoms with E-state index in [-0.39, 0.29) is 18.5 Å². The van der Waals surface area contributed by atoms with Gasteiger partial charge < -0.3 is 15.7 Å². The SMILES string of the molecule is CCSCCC(C)NC(=O)NC(C)(C)CC(=O)O. The average molecular weight is 276 g/mol. The van der Waals surface area contributed by atoms with Crippen molar-refractivity contribution in [1.29, 1.82) is 0 Å². The van der Waals surface area contributed by atoms with Crippen molar-refractivity contribution in [3.8, 4) is 0 Å². The first-order chi connectivity index (χ1) is 8.26. The number of rotatable bonds is 8. The zero-order chi connectivity index (χ0) is 14.2. The van der Waals surface area contributed by atoms with Gasteiger partial charge in [-0.3, -0.25) is 4.79 Å². The van der Waals surface area contributed by atoms with Gasteiger partial charge in [-0.1, -0.05) is 6.92 Å². The largest absolute Gasteiger partial charge is 0.481 e. The van der Waals surface area contributed by atoms with E-state index in [0.717, 1.165) is 17.9 Å². The van der Waals surface area contributed by atoms with Crippen LogP contribution in [0.15, 0.2) is 0 Å². The lowest BCUT2D eigenvalue weighted by atomic mass is 10.0. The summed E-state index contributed by atoms with van der Waals surface area (Å²) in [6.07, 6.45) is 0.811. The first kappa shape index (κ1) is 17.1. The minimum absolute atomic E-state index is 0.0877. The van der Waals surface area contributed by atoms with E-state index < -0.39 is 11.5 Å². The molecule has 1 atom stereocenters. The van der Waals surface area contributed by atoms with Crippen molar-refractivity contribution in [1.82, 2.24) is 10.6 Å². The Morgan fingerprint density at radius 1 is 1.39 bits per heavy atom. The number of hydrogen-bond donors (Lipinski definition) is 3. The molecule has 0 saturated heterocycles. The lowest BCUT2D eigenvalue weighted by Gasteiger charge is -2.25. The monoisotopic (exact) mass is 276 g/mol. The van der Waals surface area contributed by atoms with Crippen LogP contribution in [0.25, 0.3) is 0 Å². The molecule has 3 N–H and O–H groups in total. The molecule has 0 radical (unpaired) electrons. The number of carboxylic acids is 1. The number of amides is 2. The van der Waals surface area contributed by atoms with E-state index in [1.54, 1.807) is 13.8 Å². The van der Waals surface area contributed by atoms with Gasteiger partial charge in [0.2, 0.25) is 0 Å². The molecule has 0 aromatic heterocycles. The molecule has 0 aromatic carbocycles. The Morgan fingerprint density at radius 2 is 2.00 bits per heavy atom.